The summed E-state index contributed by atoms with van der Waals surface area (Å²) in [6, 6.07) is 10.4. The fraction of sp³-hybridized carbons (Fsp3) is 0.0769. The van der Waals surface area contributed by atoms with Gasteiger partial charge in [0.1, 0.15) is 12.4 Å². The molecule has 0 spiro atoms. The minimum absolute atomic E-state index is 0.327. The smallest absolute Gasteiger partial charge is 0.255 e. The lowest BCUT2D eigenvalue weighted by Gasteiger charge is -2.11. The summed E-state index contributed by atoms with van der Waals surface area (Å²) in [6.45, 7) is 0. The fourth-order valence-corrected chi connectivity index (χ4v) is 1.47. The van der Waals surface area contributed by atoms with Crippen molar-refractivity contribution in [3.8, 4) is 6.07 Å². The van der Waals surface area contributed by atoms with Crippen molar-refractivity contribution in [1.29, 1.82) is 5.26 Å². The zero-order valence-corrected chi connectivity index (χ0v) is 9.45. The van der Waals surface area contributed by atoms with E-state index in [-0.39, 0.29) is 5.91 Å². The Morgan fingerprint density at radius 3 is 2.50 bits per heavy atom. The SMILES string of the molecule is N#CC(NC(=O)c1cncnc1)c1ccccc1. The van der Waals surface area contributed by atoms with Crippen LogP contribution in [0.3, 0.4) is 0 Å². The molecule has 1 N–H and O–H groups in total. The standard InChI is InChI=1S/C13H10N4O/c14-6-12(10-4-2-1-3-5-10)17-13(18)11-7-15-9-16-8-11/h1-5,7-9,12H,(H,17,18). The van der Waals surface area contributed by atoms with E-state index in [0.717, 1.165) is 5.56 Å². The molecule has 0 radical (unpaired) electrons. The number of carbonyl (C=O) groups is 1. The van der Waals surface area contributed by atoms with Crippen molar-refractivity contribution in [2.75, 3.05) is 0 Å². The van der Waals surface area contributed by atoms with Crippen LogP contribution in [-0.2, 0) is 0 Å². The summed E-state index contributed by atoms with van der Waals surface area (Å²) in [6.07, 6.45) is 4.15. The Bertz CT molecular complexity index is 563. The van der Waals surface area contributed by atoms with E-state index in [1.165, 1.54) is 18.7 Å². The summed E-state index contributed by atoms with van der Waals surface area (Å²) in [5.41, 5.74) is 1.07. The van der Waals surface area contributed by atoms with E-state index in [1.54, 1.807) is 12.1 Å². The molecule has 1 unspecified atom stereocenters. The van der Waals surface area contributed by atoms with E-state index in [9.17, 15) is 4.79 Å². The van der Waals surface area contributed by atoms with Crippen LogP contribution in [0.25, 0.3) is 0 Å². The van der Waals surface area contributed by atoms with Crippen LogP contribution >= 0.6 is 0 Å². The lowest BCUT2D eigenvalue weighted by molar-refractivity contribution is 0.0944. The predicted octanol–water partition coefficient (Wildman–Crippen LogP) is 1.47. The third-order valence-corrected chi connectivity index (χ3v) is 2.36. The Hall–Kier alpha value is -2.74. The second-order valence-corrected chi connectivity index (χ2v) is 3.57. The molecule has 2 aromatic rings. The molecule has 0 fully saturated rings. The molecule has 0 saturated heterocycles. The number of hydrogen-bond donors (Lipinski definition) is 1. The van der Waals surface area contributed by atoms with Gasteiger partial charge in [-0.05, 0) is 5.56 Å². The first kappa shape index (κ1) is 11.7. The monoisotopic (exact) mass is 238 g/mol. The molecule has 0 aliphatic heterocycles. The predicted molar refractivity (Wildman–Crippen MR) is 64.3 cm³/mol. The minimum Gasteiger partial charge on any atom is -0.332 e. The van der Waals surface area contributed by atoms with Gasteiger partial charge >= 0.3 is 0 Å². The first-order chi connectivity index (χ1) is 8.81. The van der Waals surface area contributed by atoms with Crippen LogP contribution in [0.1, 0.15) is 22.0 Å². The van der Waals surface area contributed by atoms with E-state index in [2.05, 4.69) is 15.3 Å². The molecule has 18 heavy (non-hydrogen) atoms. The van der Waals surface area contributed by atoms with Crippen LogP contribution < -0.4 is 5.32 Å². The maximum absolute atomic E-state index is 11.8. The van der Waals surface area contributed by atoms with E-state index in [0.29, 0.717) is 5.56 Å². The molecule has 1 atom stereocenters. The van der Waals surface area contributed by atoms with E-state index < -0.39 is 6.04 Å². The maximum Gasteiger partial charge on any atom is 0.255 e. The second-order valence-electron chi connectivity index (χ2n) is 3.57. The van der Waals surface area contributed by atoms with E-state index >= 15 is 0 Å². The van der Waals surface area contributed by atoms with Crippen molar-refractivity contribution in [1.82, 2.24) is 15.3 Å². The first-order valence-electron chi connectivity index (χ1n) is 5.31. The van der Waals surface area contributed by atoms with Crippen LogP contribution in [0.5, 0.6) is 0 Å². The highest BCUT2D eigenvalue weighted by Crippen LogP contribution is 2.11. The number of carbonyl (C=O) groups excluding carboxylic acids is 1. The van der Waals surface area contributed by atoms with Crippen LogP contribution in [0.2, 0.25) is 0 Å². The number of rotatable bonds is 3. The summed E-state index contributed by atoms with van der Waals surface area (Å²) in [7, 11) is 0. The molecule has 5 heteroatoms. The lowest BCUT2D eigenvalue weighted by Crippen LogP contribution is -2.27. The van der Waals surface area contributed by atoms with Gasteiger partial charge < -0.3 is 5.32 Å². The zero-order valence-electron chi connectivity index (χ0n) is 9.45. The average molecular weight is 238 g/mol. The highest BCUT2D eigenvalue weighted by molar-refractivity contribution is 5.94. The first-order valence-corrected chi connectivity index (χ1v) is 5.31. The van der Waals surface area contributed by atoms with Crippen LogP contribution in [-0.4, -0.2) is 15.9 Å². The largest absolute Gasteiger partial charge is 0.332 e. The van der Waals surface area contributed by atoms with Gasteiger partial charge in [-0.25, -0.2) is 9.97 Å². The quantitative estimate of drug-likeness (QED) is 0.878. The molecule has 88 valence electrons. The molecule has 0 aliphatic carbocycles. The Labute approximate surface area is 104 Å². The number of nitrogens with zero attached hydrogens (tertiary/aromatic N) is 3. The molecule has 5 nitrogen and oxygen atoms in total. The number of amides is 1. The van der Waals surface area contributed by atoms with Gasteiger partial charge in [-0.1, -0.05) is 30.3 Å². The van der Waals surface area contributed by atoms with Crippen molar-refractivity contribution < 1.29 is 4.79 Å². The summed E-state index contributed by atoms with van der Waals surface area (Å²) < 4.78 is 0. The van der Waals surface area contributed by atoms with E-state index in [4.69, 9.17) is 5.26 Å². The molecule has 0 aliphatic rings. The summed E-state index contributed by atoms with van der Waals surface area (Å²) in [5, 5.41) is 11.7. The van der Waals surface area contributed by atoms with Gasteiger partial charge in [0.15, 0.2) is 0 Å². The van der Waals surface area contributed by atoms with Crippen LogP contribution in [0.4, 0.5) is 0 Å². The van der Waals surface area contributed by atoms with Gasteiger partial charge in [-0.15, -0.1) is 0 Å². The number of aromatic nitrogens is 2. The lowest BCUT2D eigenvalue weighted by atomic mass is 10.1. The van der Waals surface area contributed by atoms with Gasteiger partial charge in [0.05, 0.1) is 11.6 Å². The Morgan fingerprint density at radius 2 is 1.89 bits per heavy atom. The van der Waals surface area contributed by atoms with Gasteiger partial charge in [-0.2, -0.15) is 5.26 Å². The number of nitrogens with one attached hydrogen (secondary N) is 1. The topological polar surface area (TPSA) is 78.7 Å². The summed E-state index contributed by atoms with van der Waals surface area (Å²) in [5.74, 6) is -0.369. The number of benzene rings is 1. The van der Waals surface area contributed by atoms with E-state index in [1.807, 2.05) is 24.3 Å². The number of nitriles is 1. The third-order valence-electron chi connectivity index (χ3n) is 2.36. The molecule has 2 rings (SSSR count). The summed E-state index contributed by atoms with van der Waals surface area (Å²) in [4.78, 5) is 19.4. The highest BCUT2D eigenvalue weighted by atomic mass is 16.1. The van der Waals surface area contributed by atoms with Crippen LogP contribution in [0.15, 0.2) is 49.1 Å². The zero-order chi connectivity index (χ0) is 12.8. The molecule has 1 heterocycles. The Balaban J connectivity index is 2.14. The average Bonchev–Trinajstić information content (AvgIpc) is 2.46. The fourth-order valence-electron chi connectivity index (χ4n) is 1.47. The van der Waals surface area contributed by atoms with Crippen LogP contribution in [0, 0.1) is 11.3 Å². The summed E-state index contributed by atoms with van der Waals surface area (Å²) >= 11 is 0. The van der Waals surface area contributed by atoms with Gasteiger partial charge in [0.2, 0.25) is 0 Å². The van der Waals surface area contributed by atoms with Crippen molar-refractivity contribution >= 4 is 5.91 Å². The molecule has 0 saturated carbocycles. The highest BCUT2D eigenvalue weighted by Gasteiger charge is 2.14. The third kappa shape index (κ3) is 2.68. The maximum atomic E-state index is 11.8. The Morgan fingerprint density at radius 1 is 1.22 bits per heavy atom. The molecule has 1 aromatic carbocycles. The molecule has 0 bridgehead atoms. The molecular weight excluding hydrogens is 228 g/mol. The second kappa shape index (κ2) is 5.55. The molecule has 1 amide bonds. The molecule has 1 aromatic heterocycles. The minimum atomic E-state index is -0.682. The Kier molecular flexibility index (Phi) is 3.62. The van der Waals surface area contributed by atoms with Crippen molar-refractivity contribution in [2.24, 2.45) is 0 Å². The molecular formula is C13H10N4O. The van der Waals surface area contributed by atoms with Gasteiger partial charge in [0, 0.05) is 12.4 Å². The van der Waals surface area contributed by atoms with Gasteiger partial charge in [-0.3, -0.25) is 4.79 Å². The van der Waals surface area contributed by atoms with Crippen molar-refractivity contribution in [2.45, 2.75) is 6.04 Å². The normalized spacial score (nSPS) is 11.3. The van der Waals surface area contributed by atoms with Crippen molar-refractivity contribution in [3.05, 3.63) is 60.2 Å². The van der Waals surface area contributed by atoms with Crippen molar-refractivity contribution in [3.63, 3.8) is 0 Å². The number of hydrogen-bond acceptors (Lipinski definition) is 4. The van der Waals surface area contributed by atoms with Gasteiger partial charge in [0.25, 0.3) is 5.91 Å².